The molecule has 0 fully saturated rings. The van der Waals surface area contributed by atoms with Crippen molar-refractivity contribution in [2.45, 2.75) is 12.8 Å². The molecule has 0 saturated carbocycles. The average molecular weight is 416 g/mol. The zero-order valence-electron chi connectivity index (χ0n) is 15.1. The van der Waals surface area contributed by atoms with E-state index in [0.717, 1.165) is 18.4 Å². The van der Waals surface area contributed by atoms with Gasteiger partial charge in [-0.1, -0.05) is 35.9 Å². The summed E-state index contributed by atoms with van der Waals surface area (Å²) in [4.78, 5) is 19.2. The summed E-state index contributed by atoms with van der Waals surface area (Å²) in [5.41, 5.74) is 5.34. The molecule has 4 rings (SSSR count). The molecule has 0 atom stereocenters. The maximum Gasteiger partial charge on any atom is 0.358 e. The van der Waals surface area contributed by atoms with E-state index in [9.17, 15) is 13.6 Å². The van der Waals surface area contributed by atoms with Crippen LogP contribution in [0.25, 0.3) is 22.2 Å². The minimum atomic E-state index is -1.01. The molecule has 0 aliphatic heterocycles. The van der Waals surface area contributed by atoms with Gasteiger partial charge in [-0.25, -0.2) is 18.6 Å². The number of ether oxygens (including phenoxy) is 1. The van der Waals surface area contributed by atoms with Crippen molar-refractivity contribution in [2.75, 3.05) is 12.3 Å². The summed E-state index contributed by atoms with van der Waals surface area (Å²) in [7, 11) is 0. The molecule has 29 heavy (non-hydrogen) atoms. The fourth-order valence-corrected chi connectivity index (χ4v) is 3.34. The smallest absolute Gasteiger partial charge is 0.358 e. The number of aromatic amines is 1. The predicted molar refractivity (Wildman–Crippen MR) is 108 cm³/mol. The fraction of sp³-hybridized carbons (Fsp3) is 0.143. The molecule has 0 spiro atoms. The van der Waals surface area contributed by atoms with Crippen molar-refractivity contribution in [3.05, 3.63) is 70.5 Å². The van der Waals surface area contributed by atoms with E-state index in [2.05, 4.69) is 9.97 Å². The van der Waals surface area contributed by atoms with Gasteiger partial charge in [-0.15, -0.1) is 0 Å². The van der Waals surface area contributed by atoms with Crippen LogP contribution < -0.4 is 5.73 Å². The molecular formula is C21H16ClF2N3O2. The Balaban J connectivity index is 1.73. The molecule has 3 aromatic rings. The molecule has 2 heterocycles. The highest BCUT2D eigenvalue weighted by Gasteiger charge is 2.25. The maximum absolute atomic E-state index is 14.9. The number of anilines is 1. The summed E-state index contributed by atoms with van der Waals surface area (Å²) in [6, 6.07) is 4.66. The lowest BCUT2D eigenvalue weighted by atomic mass is 10.1. The number of allylic oxidation sites excluding steroid dienone is 2. The molecule has 0 unspecified atom stereocenters. The Kier molecular flexibility index (Phi) is 5.07. The van der Waals surface area contributed by atoms with Crippen LogP contribution in [0.2, 0.25) is 5.02 Å². The zero-order valence-corrected chi connectivity index (χ0v) is 15.9. The molecule has 0 saturated heterocycles. The number of fused-ring (bicyclic) bond motifs is 1. The van der Waals surface area contributed by atoms with Crippen LogP contribution in [0, 0.1) is 11.6 Å². The molecule has 1 aliphatic rings. The van der Waals surface area contributed by atoms with Gasteiger partial charge < -0.3 is 15.5 Å². The van der Waals surface area contributed by atoms with E-state index in [1.165, 1.54) is 6.07 Å². The summed E-state index contributed by atoms with van der Waals surface area (Å²) in [6.45, 7) is 0.0166. The van der Waals surface area contributed by atoms with Crippen molar-refractivity contribution in [3.8, 4) is 11.3 Å². The van der Waals surface area contributed by atoms with Gasteiger partial charge in [0.15, 0.2) is 17.3 Å². The Bertz CT molecular complexity index is 1180. The van der Waals surface area contributed by atoms with E-state index in [1.54, 1.807) is 18.3 Å². The van der Waals surface area contributed by atoms with E-state index in [4.69, 9.17) is 22.1 Å². The third-order valence-corrected chi connectivity index (χ3v) is 5.05. The number of nitrogens with two attached hydrogens (primary N) is 1. The number of hydrogen-bond acceptors (Lipinski definition) is 4. The Labute approximate surface area is 169 Å². The molecule has 3 N–H and O–H groups in total. The third-order valence-electron chi connectivity index (χ3n) is 4.67. The van der Waals surface area contributed by atoms with Crippen molar-refractivity contribution >= 4 is 34.2 Å². The number of pyridine rings is 1. The summed E-state index contributed by atoms with van der Waals surface area (Å²) >= 11 is 6.03. The van der Waals surface area contributed by atoms with Crippen molar-refractivity contribution in [1.82, 2.24) is 9.97 Å². The van der Waals surface area contributed by atoms with Crippen LogP contribution in [0.5, 0.6) is 0 Å². The number of halogens is 3. The summed E-state index contributed by atoms with van der Waals surface area (Å²) in [5.74, 6) is -2.59. The minimum Gasteiger partial charge on any atom is -0.456 e. The lowest BCUT2D eigenvalue weighted by molar-refractivity contribution is 0.0536. The number of aromatic nitrogens is 2. The van der Waals surface area contributed by atoms with E-state index >= 15 is 0 Å². The molecule has 5 nitrogen and oxygen atoms in total. The average Bonchev–Trinajstić information content (AvgIpc) is 3.22. The first kappa shape index (κ1) is 19.1. The number of nitrogen functional groups attached to an aromatic ring is 1. The number of nitrogens with zero attached hydrogens (tertiary/aromatic N) is 1. The Hall–Kier alpha value is -3.19. The van der Waals surface area contributed by atoms with Gasteiger partial charge in [0, 0.05) is 17.1 Å². The molecule has 0 radical (unpaired) electrons. The second-order valence-electron chi connectivity index (χ2n) is 6.55. The predicted octanol–water partition coefficient (Wildman–Crippen LogP) is 5.18. The number of benzene rings is 1. The first-order valence-electron chi connectivity index (χ1n) is 8.90. The standard InChI is InChI=1S/C21H16ClF2N3O2/c22-14-17(25)16(24)19(13-7-6-12-8-9-26-18(12)15(13)23)27-20(14)21(28)29-10-11-4-2-1-3-5-11/h2,4-9,26H,1,3,10H2,(H2,25,27). The van der Waals surface area contributed by atoms with Crippen LogP contribution in [0.3, 0.4) is 0 Å². The number of nitrogens with one attached hydrogen (secondary N) is 1. The van der Waals surface area contributed by atoms with Gasteiger partial charge in [0.1, 0.15) is 12.3 Å². The van der Waals surface area contributed by atoms with Gasteiger partial charge in [0.25, 0.3) is 0 Å². The van der Waals surface area contributed by atoms with Gasteiger partial charge in [0.05, 0.1) is 16.2 Å². The largest absolute Gasteiger partial charge is 0.456 e. The number of esters is 1. The zero-order chi connectivity index (χ0) is 20.5. The van der Waals surface area contributed by atoms with Crippen LogP contribution in [0.1, 0.15) is 23.3 Å². The second-order valence-corrected chi connectivity index (χ2v) is 6.93. The lowest BCUT2D eigenvalue weighted by Gasteiger charge is -2.13. The van der Waals surface area contributed by atoms with Crippen LogP contribution in [-0.2, 0) is 4.74 Å². The van der Waals surface area contributed by atoms with Gasteiger partial charge in [-0.05, 0) is 30.5 Å². The van der Waals surface area contributed by atoms with Crippen LogP contribution in [0.15, 0.2) is 48.2 Å². The van der Waals surface area contributed by atoms with Crippen molar-refractivity contribution in [1.29, 1.82) is 0 Å². The topological polar surface area (TPSA) is 81.0 Å². The number of rotatable bonds is 4. The molecule has 1 aliphatic carbocycles. The molecule has 0 bridgehead atoms. The first-order chi connectivity index (χ1) is 14.0. The lowest BCUT2D eigenvalue weighted by Crippen LogP contribution is -2.14. The molecule has 1 aromatic carbocycles. The molecule has 0 amide bonds. The third kappa shape index (κ3) is 3.49. The summed E-state index contributed by atoms with van der Waals surface area (Å²) in [5, 5.41) is 0.243. The van der Waals surface area contributed by atoms with Crippen molar-refractivity contribution < 1.29 is 18.3 Å². The molecule has 148 valence electrons. The van der Waals surface area contributed by atoms with Crippen molar-refractivity contribution in [3.63, 3.8) is 0 Å². The van der Waals surface area contributed by atoms with Crippen LogP contribution >= 0.6 is 11.6 Å². The van der Waals surface area contributed by atoms with Gasteiger partial charge in [-0.2, -0.15) is 0 Å². The monoisotopic (exact) mass is 415 g/mol. The summed E-state index contributed by atoms with van der Waals surface area (Å²) in [6.07, 6.45) is 9.14. The molecular weight excluding hydrogens is 400 g/mol. The van der Waals surface area contributed by atoms with Crippen LogP contribution in [0.4, 0.5) is 14.5 Å². The number of H-pyrrole nitrogens is 1. The van der Waals surface area contributed by atoms with Gasteiger partial charge in [0.2, 0.25) is 0 Å². The normalized spacial score (nSPS) is 13.6. The van der Waals surface area contributed by atoms with E-state index in [1.807, 2.05) is 18.2 Å². The molecule has 8 heteroatoms. The number of carbonyl (C=O) groups is 1. The molecule has 2 aromatic heterocycles. The Morgan fingerprint density at radius 1 is 1.24 bits per heavy atom. The highest BCUT2D eigenvalue weighted by molar-refractivity contribution is 6.35. The van der Waals surface area contributed by atoms with E-state index in [0.29, 0.717) is 5.39 Å². The first-order valence-corrected chi connectivity index (χ1v) is 9.28. The Morgan fingerprint density at radius 2 is 2.07 bits per heavy atom. The number of carbonyl (C=O) groups excluding carboxylic acids is 1. The second kappa shape index (κ2) is 7.67. The fourth-order valence-electron chi connectivity index (χ4n) is 3.14. The van der Waals surface area contributed by atoms with Gasteiger partial charge in [-0.3, -0.25) is 0 Å². The van der Waals surface area contributed by atoms with Gasteiger partial charge >= 0.3 is 5.97 Å². The van der Waals surface area contributed by atoms with Crippen LogP contribution in [-0.4, -0.2) is 22.5 Å². The minimum absolute atomic E-state index is 0.0166. The van der Waals surface area contributed by atoms with E-state index < -0.39 is 29.0 Å². The SMILES string of the molecule is Nc1c(F)c(-c2ccc3cc[nH]c3c2F)nc(C(=O)OCC2=CCCC=C2)c1Cl. The summed E-state index contributed by atoms with van der Waals surface area (Å²) < 4.78 is 34.9. The highest BCUT2D eigenvalue weighted by Crippen LogP contribution is 2.35. The van der Waals surface area contributed by atoms with E-state index in [-0.39, 0.29) is 28.4 Å². The maximum atomic E-state index is 14.9. The Morgan fingerprint density at radius 3 is 2.83 bits per heavy atom. The van der Waals surface area contributed by atoms with Crippen molar-refractivity contribution in [2.24, 2.45) is 0 Å². The number of hydrogen-bond donors (Lipinski definition) is 2. The quantitative estimate of drug-likeness (QED) is 0.575. The highest BCUT2D eigenvalue weighted by atomic mass is 35.5.